The molecule has 6 aliphatic heterocycles. The van der Waals surface area contributed by atoms with Crippen LogP contribution in [0.25, 0.3) is 0 Å². The van der Waals surface area contributed by atoms with E-state index in [2.05, 4.69) is 10.6 Å². The summed E-state index contributed by atoms with van der Waals surface area (Å²) in [6, 6.07) is 5.74. The minimum absolute atomic E-state index is 0.0125. The molecule has 6 aliphatic rings. The molecule has 2 saturated heterocycles. The van der Waals surface area contributed by atoms with Crippen LogP contribution in [0.4, 0.5) is 17.6 Å². The summed E-state index contributed by atoms with van der Waals surface area (Å²) in [7, 11) is 1.21. The van der Waals surface area contributed by atoms with Gasteiger partial charge in [0.2, 0.25) is 10.9 Å². The van der Waals surface area contributed by atoms with E-state index in [1.807, 2.05) is 0 Å². The van der Waals surface area contributed by atoms with Crippen LogP contribution in [-0.2, 0) is 22.6 Å². The lowest BCUT2D eigenvalue weighted by atomic mass is 10.1. The summed E-state index contributed by atoms with van der Waals surface area (Å²) >= 11 is 0. The van der Waals surface area contributed by atoms with Crippen molar-refractivity contribution < 1.29 is 66.3 Å². The lowest BCUT2D eigenvalue weighted by Gasteiger charge is -2.46. The molecule has 2 aromatic heterocycles. The molecule has 65 heavy (non-hydrogen) atoms. The van der Waals surface area contributed by atoms with Gasteiger partial charge in [0.05, 0.1) is 58.0 Å². The van der Waals surface area contributed by atoms with Crippen LogP contribution in [0.5, 0.6) is 11.5 Å². The fourth-order valence-corrected chi connectivity index (χ4v) is 8.97. The largest absolute Gasteiger partial charge is 0.502 e. The number of aliphatic hydroxyl groups excluding tert-OH is 2. The van der Waals surface area contributed by atoms with E-state index in [4.69, 9.17) is 14.2 Å². The Kier molecular flexibility index (Phi) is 11.0. The summed E-state index contributed by atoms with van der Waals surface area (Å²) in [5.74, 6) is -7.46. The number of morpholine rings is 2. The lowest BCUT2D eigenvalue weighted by molar-refractivity contribution is -0.0164. The van der Waals surface area contributed by atoms with E-state index in [0.29, 0.717) is 25.3 Å². The first kappa shape index (κ1) is 43.2. The van der Waals surface area contributed by atoms with E-state index >= 15 is 0 Å². The summed E-state index contributed by atoms with van der Waals surface area (Å²) in [5.41, 5.74) is -3.56. The van der Waals surface area contributed by atoms with Crippen molar-refractivity contribution in [3.63, 3.8) is 0 Å². The Balaban J connectivity index is 0.000000164. The van der Waals surface area contributed by atoms with Crippen LogP contribution < -0.4 is 36.2 Å². The average molecular weight is 911 g/mol. The normalized spacial score (nSPS) is 21.2. The number of rotatable bonds is 7. The molecule has 4 atom stereocenters. The molecule has 2 fully saturated rings. The van der Waals surface area contributed by atoms with Gasteiger partial charge in [0.1, 0.15) is 58.9 Å². The molecule has 0 radical (unpaired) electrons. The van der Waals surface area contributed by atoms with Gasteiger partial charge in [-0.05, 0) is 12.1 Å². The highest BCUT2D eigenvalue weighted by molar-refractivity contribution is 6.02. The van der Waals surface area contributed by atoms with Gasteiger partial charge in [0.15, 0.2) is 22.9 Å². The van der Waals surface area contributed by atoms with Crippen molar-refractivity contribution in [1.82, 2.24) is 29.8 Å². The Morgan fingerprint density at radius 1 is 0.708 bits per heavy atom. The molecular formula is C41H38F4N8O12. The molecule has 2 aromatic carbocycles. The number of fused-ring (bicyclic) bond motifs is 4. The Labute approximate surface area is 363 Å². The van der Waals surface area contributed by atoms with Crippen LogP contribution in [-0.4, -0.2) is 130 Å². The molecule has 342 valence electrons. The zero-order chi connectivity index (χ0) is 46.2. The van der Waals surface area contributed by atoms with Crippen LogP contribution in [0.3, 0.4) is 0 Å². The number of hydrogen-bond donors (Lipinski definition) is 5. The van der Waals surface area contributed by atoms with Crippen molar-refractivity contribution >= 4 is 23.6 Å². The number of ether oxygens (including phenoxy) is 3. The zero-order valence-corrected chi connectivity index (χ0v) is 34.1. The van der Waals surface area contributed by atoms with Crippen molar-refractivity contribution in [2.24, 2.45) is 0 Å². The fraction of sp³-hybridized carbons (Fsp3) is 0.366. The number of amides is 4. The number of aliphatic hydroxyl groups is 2. The summed E-state index contributed by atoms with van der Waals surface area (Å²) in [4.78, 5) is 81.2. The van der Waals surface area contributed by atoms with Crippen molar-refractivity contribution in [1.29, 1.82) is 0 Å². The number of pyridine rings is 2. The molecule has 0 spiro atoms. The third kappa shape index (κ3) is 6.99. The van der Waals surface area contributed by atoms with Crippen molar-refractivity contribution in [3.05, 3.63) is 125 Å². The average Bonchev–Trinajstić information content (AvgIpc) is 3.81. The molecule has 4 aromatic rings. The SMILES string of the molecule is COc1c2n3c(c(C(=O)NCc4ccc(F)cc4F)c1=O)C(O)CN3C1COCCN1C2=O.O=C(NCc1ccc(F)cc1F)c1c2n3c(c(O)c1=O)C(=O)N1CCOCC1N3CC2O. The molecule has 20 nitrogen and oxygen atoms in total. The van der Waals surface area contributed by atoms with Crippen LogP contribution in [0.15, 0.2) is 46.0 Å². The molecule has 5 N–H and O–H groups in total. The molecule has 4 unspecified atom stereocenters. The highest BCUT2D eigenvalue weighted by atomic mass is 19.1. The number of halogens is 4. The highest BCUT2D eigenvalue weighted by Gasteiger charge is 2.51. The maximum Gasteiger partial charge on any atom is 0.278 e. The van der Waals surface area contributed by atoms with Gasteiger partial charge in [-0.2, -0.15) is 0 Å². The Hall–Kier alpha value is -7.02. The van der Waals surface area contributed by atoms with E-state index in [0.717, 1.165) is 18.2 Å². The first-order chi connectivity index (χ1) is 31.1. The van der Waals surface area contributed by atoms with Gasteiger partial charge in [-0.15, -0.1) is 0 Å². The molecule has 10 rings (SSSR count). The van der Waals surface area contributed by atoms with Crippen LogP contribution >= 0.6 is 0 Å². The van der Waals surface area contributed by atoms with E-state index < -0.39 is 99.2 Å². The maximum atomic E-state index is 14.0. The summed E-state index contributed by atoms with van der Waals surface area (Å²) in [5, 5.41) is 40.0. The Morgan fingerprint density at radius 2 is 1.15 bits per heavy atom. The second kappa shape index (κ2) is 16.5. The zero-order valence-electron chi connectivity index (χ0n) is 34.1. The monoisotopic (exact) mass is 910 g/mol. The third-order valence-corrected chi connectivity index (χ3v) is 12.0. The molecule has 0 aliphatic carbocycles. The van der Waals surface area contributed by atoms with E-state index in [-0.39, 0.29) is 92.2 Å². The number of nitrogens with zero attached hydrogens (tertiary/aromatic N) is 6. The van der Waals surface area contributed by atoms with Crippen LogP contribution in [0.1, 0.15) is 76.4 Å². The second-order valence-corrected chi connectivity index (χ2v) is 15.6. The molecule has 0 saturated carbocycles. The van der Waals surface area contributed by atoms with E-state index in [1.54, 1.807) is 14.9 Å². The smallest absolute Gasteiger partial charge is 0.278 e. The number of carbonyl (C=O) groups is 4. The van der Waals surface area contributed by atoms with Gasteiger partial charge >= 0.3 is 0 Å². The number of nitrogens with one attached hydrogen (secondary N) is 2. The van der Waals surface area contributed by atoms with Crippen LogP contribution in [0, 0.1) is 23.3 Å². The topological polar surface area (TPSA) is 238 Å². The van der Waals surface area contributed by atoms with Gasteiger partial charge in [0, 0.05) is 49.4 Å². The Morgan fingerprint density at radius 3 is 1.62 bits per heavy atom. The number of carbonyl (C=O) groups excluding carboxylic acids is 4. The number of benzene rings is 2. The lowest BCUT2D eigenvalue weighted by Crippen LogP contribution is -2.64. The number of hydrogen-bond acceptors (Lipinski definition) is 14. The fourth-order valence-electron chi connectivity index (χ4n) is 8.97. The molecular weight excluding hydrogens is 872 g/mol. The molecule has 8 heterocycles. The molecule has 0 bridgehead atoms. The third-order valence-electron chi connectivity index (χ3n) is 12.0. The standard InChI is InChI=1S/C21H20F2N4O6.C20H18F2N4O6/c1-32-19-17-21(31)25-4-5-33-9-14(25)26-8-13(28)16(27(17)26)15(18(19)29)20(30)24-7-10-2-3-11(22)6-12(10)23;21-10-2-1-9(11(22)5-10)6-23-19(30)14-15-12(27)7-25-13-8-32-4-3-24(13)20(31)16(26(15)25)18(29)17(14)28/h2-3,6,13-14,28H,4-5,7-9H2,1H3,(H,24,30);1-2,5,12-13,27,29H,3-4,6-8H2,(H,23,30). The summed E-state index contributed by atoms with van der Waals surface area (Å²) < 4.78 is 72.8. The summed E-state index contributed by atoms with van der Waals surface area (Å²) in [6.45, 7) is 0.790. The maximum absolute atomic E-state index is 14.0. The minimum Gasteiger partial charge on any atom is -0.502 e. The van der Waals surface area contributed by atoms with Gasteiger partial charge in [0.25, 0.3) is 23.6 Å². The van der Waals surface area contributed by atoms with Gasteiger partial charge in [-0.3, -0.25) is 38.8 Å². The van der Waals surface area contributed by atoms with Crippen molar-refractivity contribution in [2.45, 2.75) is 37.6 Å². The number of methoxy groups -OCH3 is 1. The van der Waals surface area contributed by atoms with Gasteiger partial charge < -0.3 is 50.0 Å². The second-order valence-electron chi connectivity index (χ2n) is 15.6. The van der Waals surface area contributed by atoms with E-state index in [1.165, 1.54) is 27.4 Å². The van der Waals surface area contributed by atoms with Crippen LogP contribution in [0.2, 0.25) is 0 Å². The van der Waals surface area contributed by atoms with E-state index in [9.17, 15) is 61.6 Å². The molecule has 4 amide bonds. The molecule has 24 heteroatoms. The van der Waals surface area contributed by atoms with Gasteiger partial charge in [-0.1, -0.05) is 12.1 Å². The van der Waals surface area contributed by atoms with Crippen molar-refractivity contribution in [2.75, 3.05) is 69.7 Å². The van der Waals surface area contributed by atoms with Gasteiger partial charge in [-0.25, -0.2) is 26.9 Å². The first-order valence-corrected chi connectivity index (χ1v) is 20.1. The first-order valence-electron chi connectivity index (χ1n) is 20.1. The Bertz CT molecular complexity index is 2820. The number of aromatic nitrogens is 2. The highest BCUT2D eigenvalue weighted by Crippen LogP contribution is 2.38. The number of aromatic hydroxyl groups is 1. The summed E-state index contributed by atoms with van der Waals surface area (Å²) in [6.07, 6.45) is -3.66. The predicted molar refractivity (Wildman–Crippen MR) is 212 cm³/mol. The quantitative estimate of drug-likeness (QED) is 0.146. The minimum atomic E-state index is -1.31. The predicted octanol–water partition coefficient (Wildman–Crippen LogP) is -0.579. The van der Waals surface area contributed by atoms with Crippen molar-refractivity contribution in [3.8, 4) is 11.5 Å².